The van der Waals surface area contributed by atoms with Crippen molar-refractivity contribution in [2.75, 3.05) is 33.4 Å². The molecule has 0 unspecified atom stereocenters. The van der Waals surface area contributed by atoms with Gasteiger partial charge in [-0.2, -0.15) is 0 Å². The van der Waals surface area contributed by atoms with Crippen molar-refractivity contribution < 1.29 is 9.53 Å². The highest BCUT2D eigenvalue weighted by Gasteiger charge is 2.34. The van der Waals surface area contributed by atoms with Gasteiger partial charge >= 0.3 is 0 Å². The van der Waals surface area contributed by atoms with Crippen molar-refractivity contribution in [3.05, 3.63) is 60.2 Å². The Labute approximate surface area is 254 Å². The summed E-state index contributed by atoms with van der Waals surface area (Å²) in [4.78, 5) is 29.5. The minimum Gasteiger partial charge on any atom is -0.385 e. The number of hydrogen-bond acceptors (Lipinski definition) is 5. The Bertz CT molecular complexity index is 1330. The Morgan fingerprint density at radius 2 is 1.75 bits per heavy atom. The molecule has 1 aliphatic rings. The van der Waals surface area contributed by atoms with E-state index in [4.69, 9.17) is 14.7 Å². The van der Waals surface area contributed by atoms with E-state index in [2.05, 4.69) is 45.7 Å². The van der Waals surface area contributed by atoms with Gasteiger partial charge in [0.25, 0.3) is 5.91 Å². The summed E-state index contributed by atoms with van der Waals surface area (Å²) in [7, 11) is 1.72. The number of nitrogens with zero attached hydrogens (tertiary/aromatic N) is 4. The molecule has 0 saturated carbocycles. The Morgan fingerprint density at radius 3 is 2.48 bits per heavy atom. The van der Waals surface area contributed by atoms with Gasteiger partial charge < -0.3 is 24.5 Å². The first-order valence-corrected chi connectivity index (χ1v) is 13.5. The SMILES string of the molecule is COCCCCn1c(C(=O)N(CC(C)C)[C@@H]2CNC[C@H](c3nc4ccccc4[nH]3)C2)nc2ccccc21.Cl.Cl.Cl. The average molecular weight is 612 g/mol. The monoisotopic (exact) mass is 610 g/mol. The fourth-order valence-corrected chi connectivity index (χ4v) is 5.43. The highest BCUT2D eigenvalue weighted by molar-refractivity contribution is 5.95. The lowest BCUT2D eigenvalue weighted by Gasteiger charge is -2.38. The molecule has 0 radical (unpaired) electrons. The zero-order valence-electron chi connectivity index (χ0n) is 23.3. The van der Waals surface area contributed by atoms with E-state index in [1.165, 1.54) is 0 Å². The summed E-state index contributed by atoms with van der Waals surface area (Å²) in [6.07, 6.45) is 2.73. The Balaban J connectivity index is 0.00000187. The van der Waals surface area contributed by atoms with Gasteiger partial charge in [-0.1, -0.05) is 38.1 Å². The predicted octanol–water partition coefficient (Wildman–Crippen LogP) is 5.85. The topological polar surface area (TPSA) is 88.1 Å². The van der Waals surface area contributed by atoms with Gasteiger partial charge in [-0.05, 0) is 49.4 Å². The average Bonchev–Trinajstić information content (AvgIpc) is 3.51. The van der Waals surface area contributed by atoms with E-state index in [1.807, 2.05) is 36.4 Å². The summed E-state index contributed by atoms with van der Waals surface area (Å²) in [6.45, 7) is 8.09. The number of aryl methyl sites for hydroxylation is 1. The number of carbonyl (C=O) groups is 1. The van der Waals surface area contributed by atoms with Crippen LogP contribution in [0.4, 0.5) is 0 Å². The molecule has 8 nitrogen and oxygen atoms in total. The molecule has 1 fully saturated rings. The lowest BCUT2D eigenvalue weighted by Crippen LogP contribution is -2.52. The summed E-state index contributed by atoms with van der Waals surface area (Å²) >= 11 is 0. The number of benzene rings is 2. The smallest absolute Gasteiger partial charge is 0.290 e. The molecular formula is C29H41Cl3N6O2. The normalized spacial score (nSPS) is 16.8. The molecule has 1 saturated heterocycles. The van der Waals surface area contributed by atoms with Crippen molar-refractivity contribution >= 4 is 65.2 Å². The maximum absolute atomic E-state index is 14.2. The largest absolute Gasteiger partial charge is 0.385 e. The van der Waals surface area contributed by atoms with Gasteiger partial charge in [0.2, 0.25) is 0 Å². The van der Waals surface area contributed by atoms with Gasteiger partial charge in [-0.25, -0.2) is 9.97 Å². The number of para-hydroxylation sites is 4. The fourth-order valence-electron chi connectivity index (χ4n) is 5.43. The first kappa shape index (κ1) is 33.8. The number of fused-ring (bicyclic) bond motifs is 2. The number of nitrogens with one attached hydrogen (secondary N) is 2. The van der Waals surface area contributed by atoms with Crippen LogP contribution in [-0.2, 0) is 11.3 Å². The third-order valence-corrected chi connectivity index (χ3v) is 7.21. The van der Waals surface area contributed by atoms with E-state index in [0.717, 1.165) is 66.8 Å². The highest BCUT2D eigenvalue weighted by atomic mass is 35.5. The number of amides is 1. The Hall–Kier alpha value is -2.36. The number of H-pyrrole nitrogens is 1. The predicted molar refractivity (Wildman–Crippen MR) is 169 cm³/mol. The first-order chi connectivity index (χ1) is 18.0. The van der Waals surface area contributed by atoms with Gasteiger partial charge in [-0.15, -0.1) is 37.2 Å². The van der Waals surface area contributed by atoms with Crippen LogP contribution in [0.3, 0.4) is 0 Å². The van der Waals surface area contributed by atoms with Crippen LogP contribution in [0.5, 0.6) is 0 Å². The van der Waals surface area contributed by atoms with Crippen LogP contribution >= 0.6 is 37.2 Å². The number of halogens is 3. The summed E-state index contributed by atoms with van der Waals surface area (Å²) in [6, 6.07) is 16.2. The number of methoxy groups -OCH3 is 1. The van der Waals surface area contributed by atoms with Gasteiger partial charge in [0.15, 0.2) is 5.82 Å². The molecule has 2 aromatic heterocycles. The van der Waals surface area contributed by atoms with Crippen LogP contribution in [0.2, 0.25) is 0 Å². The lowest BCUT2D eigenvalue weighted by molar-refractivity contribution is 0.0590. The lowest BCUT2D eigenvalue weighted by atomic mass is 9.93. The highest BCUT2D eigenvalue weighted by Crippen LogP contribution is 2.28. The van der Waals surface area contributed by atoms with Crippen LogP contribution in [-0.4, -0.2) is 69.7 Å². The Kier molecular flexibility index (Phi) is 13.2. The number of ether oxygens (including phenoxy) is 1. The molecule has 40 heavy (non-hydrogen) atoms. The third-order valence-electron chi connectivity index (χ3n) is 7.21. The number of hydrogen-bond donors (Lipinski definition) is 2. The Morgan fingerprint density at radius 1 is 1.02 bits per heavy atom. The quantitative estimate of drug-likeness (QED) is 0.220. The minimum atomic E-state index is 0. The molecule has 3 heterocycles. The second kappa shape index (κ2) is 15.6. The molecule has 4 aromatic rings. The van der Waals surface area contributed by atoms with Gasteiger partial charge in [0.1, 0.15) is 5.82 Å². The zero-order chi connectivity index (χ0) is 25.8. The van der Waals surface area contributed by atoms with Crippen molar-refractivity contribution in [1.82, 2.24) is 29.7 Å². The summed E-state index contributed by atoms with van der Waals surface area (Å²) in [5.74, 6) is 2.08. The van der Waals surface area contributed by atoms with Crippen LogP contribution in [0.25, 0.3) is 22.1 Å². The molecule has 1 amide bonds. The van der Waals surface area contributed by atoms with Crippen molar-refractivity contribution in [2.45, 2.75) is 51.6 Å². The molecule has 2 N–H and O–H groups in total. The summed E-state index contributed by atoms with van der Waals surface area (Å²) in [5.41, 5.74) is 3.91. The first-order valence-electron chi connectivity index (χ1n) is 13.5. The van der Waals surface area contributed by atoms with E-state index >= 15 is 0 Å². The second-order valence-electron chi connectivity index (χ2n) is 10.5. The molecule has 220 valence electrons. The maximum Gasteiger partial charge on any atom is 0.290 e. The van der Waals surface area contributed by atoms with Crippen LogP contribution in [0.15, 0.2) is 48.5 Å². The minimum absolute atomic E-state index is 0. The number of unbranched alkanes of at least 4 members (excludes halogenated alkanes) is 1. The zero-order valence-corrected chi connectivity index (χ0v) is 25.8. The fraction of sp³-hybridized carbons (Fsp3) is 0.483. The number of carbonyl (C=O) groups excluding carboxylic acids is 1. The van der Waals surface area contributed by atoms with Gasteiger partial charge in [0, 0.05) is 51.9 Å². The molecule has 0 aliphatic carbocycles. The molecular weight excluding hydrogens is 571 g/mol. The number of piperidine rings is 1. The second-order valence-corrected chi connectivity index (χ2v) is 10.5. The van der Waals surface area contributed by atoms with Crippen molar-refractivity contribution in [2.24, 2.45) is 5.92 Å². The number of aromatic amines is 1. The number of imidazole rings is 2. The van der Waals surface area contributed by atoms with Crippen molar-refractivity contribution in [1.29, 1.82) is 0 Å². The van der Waals surface area contributed by atoms with E-state index in [9.17, 15) is 4.79 Å². The van der Waals surface area contributed by atoms with E-state index in [0.29, 0.717) is 24.9 Å². The standard InChI is InChI=1S/C29H38N6O2.3ClH/c1-20(2)19-35(22-16-21(17-30-18-22)27-31-23-10-4-5-11-24(23)32-27)29(36)28-33-25-12-6-7-13-26(25)34(28)14-8-9-15-37-3;;;/h4-7,10-13,20-22,30H,8-9,14-19H2,1-3H3,(H,31,32);3*1H/t21-,22+;;;/m1.../s1. The number of rotatable bonds is 10. The van der Waals surface area contributed by atoms with E-state index in [1.54, 1.807) is 7.11 Å². The van der Waals surface area contributed by atoms with Crippen LogP contribution < -0.4 is 5.32 Å². The van der Waals surface area contributed by atoms with Crippen LogP contribution in [0.1, 0.15) is 55.5 Å². The van der Waals surface area contributed by atoms with Crippen molar-refractivity contribution in [3.8, 4) is 0 Å². The van der Waals surface area contributed by atoms with E-state index in [-0.39, 0.29) is 55.1 Å². The third kappa shape index (κ3) is 7.47. The molecule has 2 atom stereocenters. The number of aromatic nitrogens is 4. The molecule has 0 spiro atoms. The molecule has 1 aliphatic heterocycles. The van der Waals surface area contributed by atoms with E-state index < -0.39 is 0 Å². The molecule has 5 rings (SSSR count). The molecule has 2 aromatic carbocycles. The van der Waals surface area contributed by atoms with Gasteiger partial charge in [-0.3, -0.25) is 4.79 Å². The summed E-state index contributed by atoms with van der Waals surface area (Å²) < 4.78 is 7.34. The maximum atomic E-state index is 14.2. The van der Waals surface area contributed by atoms with Gasteiger partial charge in [0.05, 0.1) is 22.1 Å². The summed E-state index contributed by atoms with van der Waals surface area (Å²) in [5, 5.41) is 3.58. The molecule has 0 bridgehead atoms. The molecule has 11 heteroatoms. The van der Waals surface area contributed by atoms with Crippen molar-refractivity contribution in [3.63, 3.8) is 0 Å². The van der Waals surface area contributed by atoms with Crippen LogP contribution in [0, 0.1) is 5.92 Å².